The van der Waals surface area contributed by atoms with Gasteiger partial charge in [0.25, 0.3) is 0 Å². The summed E-state index contributed by atoms with van der Waals surface area (Å²) in [6, 6.07) is 5.33. The molecule has 2 aromatic heterocycles. The van der Waals surface area contributed by atoms with Crippen LogP contribution in [0.25, 0.3) is 5.65 Å². The molecule has 2 N–H and O–H groups in total. The first-order valence-corrected chi connectivity index (χ1v) is 8.65. The molecule has 0 saturated heterocycles. The summed E-state index contributed by atoms with van der Waals surface area (Å²) in [5.74, 6) is -1.99. The molecule has 9 heteroatoms. The summed E-state index contributed by atoms with van der Waals surface area (Å²) in [7, 11) is 3.69. The molecule has 0 aliphatic heterocycles. The SMILES string of the molecule is Cc1cnn2cc(NC(=O)C(=O)NC(CN(C)C)c3ccc(F)cc3)cnc12. The van der Waals surface area contributed by atoms with Crippen LogP contribution in [-0.4, -0.2) is 52.0 Å². The van der Waals surface area contributed by atoms with Gasteiger partial charge in [0.2, 0.25) is 0 Å². The first-order valence-electron chi connectivity index (χ1n) is 8.65. The fourth-order valence-corrected chi connectivity index (χ4v) is 2.76. The number of anilines is 1. The average molecular weight is 384 g/mol. The maximum absolute atomic E-state index is 13.2. The van der Waals surface area contributed by atoms with E-state index < -0.39 is 17.9 Å². The number of halogens is 1. The van der Waals surface area contributed by atoms with Crippen molar-refractivity contribution in [2.24, 2.45) is 0 Å². The van der Waals surface area contributed by atoms with Crippen LogP contribution in [0.3, 0.4) is 0 Å². The Labute approximate surface area is 161 Å². The Morgan fingerprint density at radius 1 is 1.18 bits per heavy atom. The van der Waals surface area contributed by atoms with E-state index in [9.17, 15) is 14.0 Å². The summed E-state index contributed by atoms with van der Waals surface area (Å²) in [4.78, 5) is 30.8. The second-order valence-electron chi connectivity index (χ2n) is 6.73. The molecule has 0 aliphatic carbocycles. The quantitative estimate of drug-likeness (QED) is 0.651. The lowest BCUT2D eigenvalue weighted by Crippen LogP contribution is -2.41. The minimum absolute atomic E-state index is 0.349. The first-order chi connectivity index (χ1) is 13.3. The van der Waals surface area contributed by atoms with Crippen molar-refractivity contribution in [3.8, 4) is 0 Å². The number of hydrogen-bond donors (Lipinski definition) is 2. The number of nitrogens with one attached hydrogen (secondary N) is 2. The predicted molar refractivity (Wildman–Crippen MR) is 102 cm³/mol. The molecule has 3 aromatic rings. The van der Waals surface area contributed by atoms with Crippen LogP contribution in [0.4, 0.5) is 10.1 Å². The van der Waals surface area contributed by atoms with Crippen molar-refractivity contribution in [2.75, 3.05) is 26.0 Å². The number of fused-ring (bicyclic) bond motifs is 1. The van der Waals surface area contributed by atoms with E-state index in [2.05, 4.69) is 20.7 Å². The van der Waals surface area contributed by atoms with E-state index in [0.29, 0.717) is 23.4 Å². The molecule has 3 rings (SSSR count). The maximum atomic E-state index is 13.2. The van der Waals surface area contributed by atoms with Gasteiger partial charge in [-0.3, -0.25) is 9.59 Å². The van der Waals surface area contributed by atoms with E-state index in [4.69, 9.17) is 0 Å². The average Bonchev–Trinajstić information content (AvgIpc) is 3.01. The summed E-state index contributed by atoms with van der Waals surface area (Å²) >= 11 is 0. The summed E-state index contributed by atoms with van der Waals surface area (Å²) in [5.41, 5.74) is 2.62. The molecule has 0 radical (unpaired) electrons. The molecule has 8 nitrogen and oxygen atoms in total. The monoisotopic (exact) mass is 384 g/mol. The van der Waals surface area contributed by atoms with Gasteiger partial charge in [-0.25, -0.2) is 13.9 Å². The van der Waals surface area contributed by atoms with Crippen molar-refractivity contribution >= 4 is 23.1 Å². The van der Waals surface area contributed by atoms with Crippen LogP contribution in [0, 0.1) is 12.7 Å². The van der Waals surface area contributed by atoms with E-state index in [1.165, 1.54) is 22.8 Å². The zero-order chi connectivity index (χ0) is 20.3. The molecule has 1 unspecified atom stereocenters. The third kappa shape index (κ3) is 4.49. The largest absolute Gasteiger partial charge is 0.340 e. The highest BCUT2D eigenvalue weighted by molar-refractivity contribution is 6.39. The fourth-order valence-electron chi connectivity index (χ4n) is 2.76. The molecule has 0 bridgehead atoms. The van der Waals surface area contributed by atoms with Gasteiger partial charge in [0.05, 0.1) is 30.3 Å². The van der Waals surface area contributed by atoms with Gasteiger partial charge in [0.1, 0.15) is 5.82 Å². The second-order valence-corrected chi connectivity index (χ2v) is 6.73. The van der Waals surface area contributed by atoms with Gasteiger partial charge >= 0.3 is 11.8 Å². The van der Waals surface area contributed by atoms with Gasteiger partial charge in [-0.2, -0.15) is 5.10 Å². The molecule has 2 heterocycles. The van der Waals surface area contributed by atoms with E-state index in [-0.39, 0.29) is 5.82 Å². The number of carbonyl (C=O) groups excluding carboxylic acids is 2. The number of benzene rings is 1. The standard InChI is InChI=1S/C19H21FN6O2/c1-12-8-22-26-10-15(9-21-17(12)26)23-18(27)19(28)24-16(11-25(2)3)13-4-6-14(20)7-5-13/h4-10,16H,11H2,1-3H3,(H,23,27)(H,24,28). The zero-order valence-corrected chi connectivity index (χ0v) is 15.8. The van der Waals surface area contributed by atoms with Crippen LogP contribution in [0.5, 0.6) is 0 Å². The van der Waals surface area contributed by atoms with Crippen LogP contribution in [0.15, 0.2) is 42.9 Å². The normalized spacial score (nSPS) is 12.2. The Morgan fingerprint density at radius 3 is 2.57 bits per heavy atom. The number of rotatable bonds is 5. The van der Waals surface area contributed by atoms with Crippen molar-refractivity contribution in [3.63, 3.8) is 0 Å². The van der Waals surface area contributed by atoms with Gasteiger partial charge in [0.15, 0.2) is 5.65 Å². The lowest BCUT2D eigenvalue weighted by molar-refractivity contribution is -0.136. The summed E-state index contributed by atoms with van der Waals surface area (Å²) in [6.45, 7) is 2.33. The highest BCUT2D eigenvalue weighted by Crippen LogP contribution is 2.15. The molecular weight excluding hydrogens is 363 g/mol. The van der Waals surface area contributed by atoms with Crippen LogP contribution in [0.1, 0.15) is 17.2 Å². The summed E-state index contributed by atoms with van der Waals surface area (Å²) in [5, 5.41) is 9.33. The van der Waals surface area contributed by atoms with Crippen LogP contribution >= 0.6 is 0 Å². The first kappa shape index (κ1) is 19.4. The molecule has 1 aromatic carbocycles. The van der Waals surface area contributed by atoms with Crippen molar-refractivity contribution < 1.29 is 14.0 Å². The van der Waals surface area contributed by atoms with Crippen molar-refractivity contribution in [2.45, 2.75) is 13.0 Å². The minimum atomic E-state index is -0.823. The Morgan fingerprint density at radius 2 is 1.89 bits per heavy atom. The van der Waals surface area contributed by atoms with E-state index >= 15 is 0 Å². The Bertz CT molecular complexity index is 999. The van der Waals surface area contributed by atoms with Crippen LogP contribution in [0.2, 0.25) is 0 Å². The maximum Gasteiger partial charge on any atom is 0.313 e. The lowest BCUT2D eigenvalue weighted by Gasteiger charge is -2.22. The number of amides is 2. The zero-order valence-electron chi connectivity index (χ0n) is 15.8. The topological polar surface area (TPSA) is 91.6 Å². The Hall–Kier alpha value is -3.33. The number of aryl methyl sites for hydroxylation is 1. The number of nitrogens with zero attached hydrogens (tertiary/aromatic N) is 4. The number of carbonyl (C=O) groups is 2. The number of aromatic nitrogens is 3. The smallest absolute Gasteiger partial charge is 0.313 e. The van der Waals surface area contributed by atoms with Crippen molar-refractivity contribution in [1.29, 1.82) is 0 Å². The van der Waals surface area contributed by atoms with Crippen LogP contribution in [-0.2, 0) is 9.59 Å². The predicted octanol–water partition coefficient (Wildman–Crippen LogP) is 1.53. The van der Waals surface area contributed by atoms with Gasteiger partial charge in [-0.1, -0.05) is 12.1 Å². The molecule has 28 heavy (non-hydrogen) atoms. The molecule has 1 atom stereocenters. The highest BCUT2D eigenvalue weighted by atomic mass is 19.1. The molecule has 0 fully saturated rings. The Kier molecular flexibility index (Phi) is 5.65. The molecule has 146 valence electrons. The third-order valence-electron chi connectivity index (χ3n) is 4.12. The van der Waals surface area contributed by atoms with Gasteiger partial charge < -0.3 is 15.5 Å². The summed E-state index contributed by atoms with van der Waals surface area (Å²) in [6.07, 6.45) is 4.71. The third-order valence-corrected chi connectivity index (χ3v) is 4.12. The molecule has 0 saturated carbocycles. The van der Waals surface area contributed by atoms with E-state index in [0.717, 1.165) is 5.56 Å². The van der Waals surface area contributed by atoms with Gasteiger partial charge in [-0.15, -0.1) is 0 Å². The fraction of sp³-hybridized carbons (Fsp3) is 0.263. The molecule has 2 amide bonds. The second kappa shape index (κ2) is 8.13. The number of likely N-dealkylation sites (N-methyl/N-ethyl adjacent to an activating group) is 1. The van der Waals surface area contributed by atoms with Gasteiger partial charge in [-0.05, 0) is 38.7 Å². The summed E-state index contributed by atoms with van der Waals surface area (Å²) < 4.78 is 14.7. The molecule has 0 spiro atoms. The minimum Gasteiger partial charge on any atom is -0.340 e. The lowest BCUT2D eigenvalue weighted by atomic mass is 10.1. The Balaban J connectivity index is 1.70. The number of hydrogen-bond acceptors (Lipinski definition) is 5. The van der Waals surface area contributed by atoms with Crippen LogP contribution < -0.4 is 10.6 Å². The van der Waals surface area contributed by atoms with Gasteiger partial charge in [0, 0.05) is 12.1 Å². The van der Waals surface area contributed by atoms with E-state index in [1.54, 1.807) is 24.5 Å². The van der Waals surface area contributed by atoms with Crippen molar-refractivity contribution in [3.05, 3.63) is 59.8 Å². The molecular formula is C19H21FN6O2. The van der Waals surface area contributed by atoms with Crippen molar-refractivity contribution in [1.82, 2.24) is 24.8 Å². The highest BCUT2D eigenvalue weighted by Gasteiger charge is 2.21. The van der Waals surface area contributed by atoms with E-state index in [1.807, 2.05) is 25.9 Å². The molecule has 0 aliphatic rings.